The van der Waals surface area contributed by atoms with Gasteiger partial charge in [0.1, 0.15) is 12.4 Å². The van der Waals surface area contributed by atoms with Gasteiger partial charge in [-0.15, -0.1) is 11.3 Å². The molecule has 0 fully saturated rings. The number of Topliss-reactive ketones (excluding diaryl/α,β-unsaturated/α-hetero) is 1. The Hall–Kier alpha value is -2.99. The van der Waals surface area contributed by atoms with Crippen LogP contribution in [0, 0.1) is 6.92 Å². The van der Waals surface area contributed by atoms with Gasteiger partial charge in [0.25, 0.3) is 5.91 Å². The summed E-state index contributed by atoms with van der Waals surface area (Å²) in [5.74, 6) is 0.385. The molecule has 26 heavy (non-hydrogen) atoms. The van der Waals surface area contributed by atoms with Gasteiger partial charge in [-0.25, -0.2) is 4.98 Å². The molecule has 0 radical (unpaired) electrons. The largest absolute Gasteiger partial charge is 0.487 e. The summed E-state index contributed by atoms with van der Waals surface area (Å²) >= 11 is 1.58. The van der Waals surface area contributed by atoms with Crippen LogP contribution in [0.3, 0.4) is 0 Å². The summed E-state index contributed by atoms with van der Waals surface area (Å²) in [6.07, 6.45) is 0. The fourth-order valence-electron chi connectivity index (χ4n) is 2.35. The molecule has 0 spiro atoms. The minimum absolute atomic E-state index is 0.0436. The third kappa shape index (κ3) is 4.55. The van der Waals surface area contributed by atoms with Crippen molar-refractivity contribution in [1.29, 1.82) is 0 Å². The molecular weight excluding hydrogens is 348 g/mol. The lowest BCUT2D eigenvalue weighted by Crippen LogP contribution is -2.12. The number of hydrogen-bond acceptors (Lipinski definition) is 5. The number of nitrogens with zero attached hydrogens (tertiary/aromatic N) is 1. The average Bonchev–Trinajstić information content (AvgIpc) is 3.06. The predicted molar refractivity (Wildman–Crippen MR) is 102 cm³/mol. The van der Waals surface area contributed by atoms with Crippen molar-refractivity contribution >= 4 is 28.7 Å². The molecule has 132 valence electrons. The number of carbonyl (C=O) groups excluding carboxylic acids is 2. The zero-order valence-corrected chi connectivity index (χ0v) is 15.3. The van der Waals surface area contributed by atoms with Crippen LogP contribution in [0.4, 0.5) is 5.69 Å². The summed E-state index contributed by atoms with van der Waals surface area (Å²) in [5.41, 5.74) is 2.54. The number of ketones is 1. The van der Waals surface area contributed by atoms with E-state index in [1.807, 2.05) is 12.3 Å². The number of hydrogen-bond donors (Lipinski definition) is 1. The number of thiazole rings is 1. The molecule has 0 aliphatic rings. The number of ether oxygens (including phenoxy) is 1. The van der Waals surface area contributed by atoms with Gasteiger partial charge in [-0.1, -0.05) is 12.1 Å². The lowest BCUT2D eigenvalue weighted by molar-refractivity contribution is 0.101. The van der Waals surface area contributed by atoms with Crippen LogP contribution in [-0.2, 0) is 6.61 Å². The molecule has 1 amide bonds. The fraction of sp³-hybridized carbons (Fsp3) is 0.150. The summed E-state index contributed by atoms with van der Waals surface area (Å²) < 4.78 is 5.68. The van der Waals surface area contributed by atoms with E-state index in [9.17, 15) is 9.59 Å². The van der Waals surface area contributed by atoms with Gasteiger partial charge in [0.2, 0.25) is 0 Å². The predicted octanol–water partition coefficient (Wildman–Crippen LogP) is 4.49. The molecule has 0 aliphatic carbocycles. The third-order valence-corrected chi connectivity index (χ3v) is 4.52. The maximum atomic E-state index is 12.3. The van der Waals surface area contributed by atoms with Crippen LogP contribution in [0.2, 0.25) is 0 Å². The zero-order valence-electron chi connectivity index (χ0n) is 14.5. The van der Waals surface area contributed by atoms with Gasteiger partial charge >= 0.3 is 0 Å². The van der Waals surface area contributed by atoms with Crippen LogP contribution >= 0.6 is 11.3 Å². The summed E-state index contributed by atoms with van der Waals surface area (Å²) in [4.78, 5) is 28.1. The van der Waals surface area contributed by atoms with Gasteiger partial charge in [-0.3, -0.25) is 9.59 Å². The summed E-state index contributed by atoms with van der Waals surface area (Å²) in [5, 5.41) is 5.76. The molecule has 0 atom stereocenters. The Labute approximate surface area is 155 Å². The number of nitrogens with one attached hydrogen (secondary N) is 1. The molecule has 0 saturated carbocycles. The molecule has 1 aromatic heterocycles. The highest BCUT2D eigenvalue weighted by atomic mass is 32.1. The molecule has 3 rings (SSSR count). The number of carbonyl (C=O) groups is 2. The second-order valence-electron chi connectivity index (χ2n) is 5.76. The van der Waals surface area contributed by atoms with E-state index in [4.69, 9.17) is 4.74 Å². The van der Waals surface area contributed by atoms with E-state index in [2.05, 4.69) is 10.3 Å². The topological polar surface area (TPSA) is 68.3 Å². The lowest BCUT2D eigenvalue weighted by atomic mass is 10.1. The molecule has 3 aromatic rings. The highest BCUT2D eigenvalue weighted by Crippen LogP contribution is 2.17. The Kier molecular flexibility index (Phi) is 5.43. The van der Waals surface area contributed by atoms with E-state index < -0.39 is 0 Å². The van der Waals surface area contributed by atoms with Crippen LogP contribution in [0.1, 0.15) is 38.3 Å². The number of anilines is 1. The van der Waals surface area contributed by atoms with E-state index in [1.165, 1.54) is 6.92 Å². The monoisotopic (exact) mass is 366 g/mol. The van der Waals surface area contributed by atoms with Crippen LogP contribution in [0.15, 0.2) is 53.9 Å². The van der Waals surface area contributed by atoms with Gasteiger partial charge in [0.15, 0.2) is 5.78 Å². The second kappa shape index (κ2) is 7.93. The van der Waals surface area contributed by atoms with Crippen molar-refractivity contribution in [2.75, 3.05) is 5.32 Å². The molecule has 0 bridgehead atoms. The zero-order chi connectivity index (χ0) is 18.5. The molecule has 1 N–H and O–H groups in total. The summed E-state index contributed by atoms with van der Waals surface area (Å²) in [6, 6.07) is 13.8. The average molecular weight is 366 g/mol. The van der Waals surface area contributed by atoms with Gasteiger partial charge in [0, 0.05) is 22.2 Å². The van der Waals surface area contributed by atoms with Crippen LogP contribution < -0.4 is 10.1 Å². The molecule has 2 aromatic carbocycles. The smallest absolute Gasteiger partial charge is 0.255 e. The number of rotatable bonds is 6. The lowest BCUT2D eigenvalue weighted by Gasteiger charge is -2.08. The van der Waals surface area contributed by atoms with E-state index in [1.54, 1.807) is 59.9 Å². The SMILES string of the molecule is CC(=O)c1cccc(NC(=O)c2ccc(OCc3csc(C)n3)cc2)c1. The van der Waals surface area contributed by atoms with Gasteiger partial charge < -0.3 is 10.1 Å². The van der Waals surface area contributed by atoms with Crippen molar-refractivity contribution < 1.29 is 14.3 Å². The van der Waals surface area contributed by atoms with Crippen molar-refractivity contribution in [3.8, 4) is 5.75 Å². The first-order valence-electron chi connectivity index (χ1n) is 8.07. The summed E-state index contributed by atoms with van der Waals surface area (Å²) in [7, 11) is 0. The normalized spacial score (nSPS) is 10.4. The van der Waals surface area contributed by atoms with Crippen molar-refractivity contribution in [2.24, 2.45) is 0 Å². The van der Waals surface area contributed by atoms with Crippen LogP contribution in [0.5, 0.6) is 5.75 Å². The first-order valence-corrected chi connectivity index (χ1v) is 8.95. The molecule has 0 saturated heterocycles. The summed E-state index contributed by atoms with van der Waals surface area (Å²) in [6.45, 7) is 3.84. The Morgan fingerprint density at radius 3 is 2.54 bits per heavy atom. The van der Waals surface area contributed by atoms with E-state index in [0.29, 0.717) is 29.2 Å². The third-order valence-electron chi connectivity index (χ3n) is 3.70. The minimum Gasteiger partial charge on any atom is -0.487 e. The number of aromatic nitrogens is 1. The second-order valence-corrected chi connectivity index (χ2v) is 6.82. The van der Waals surface area contributed by atoms with Crippen LogP contribution in [0.25, 0.3) is 0 Å². The fourth-order valence-corrected chi connectivity index (χ4v) is 2.95. The molecule has 5 nitrogen and oxygen atoms in total. The highest BCUT2D eigenvalue weighted by molar-refractivity contribution is 7.09. The first-order chi connectivity index (χ1) is 12.5. The highest BCUT2D eigenvalue weighted by Gasteiger charge is 2.08. The van der Waals surface area contributed by atoms with E-state index >= 15 is 0 Å². The number of amides is 1. The molecule has 0 aliphatic heterocycles. The van der Waals surface area contributed by atoms with Gasteiger partial charge in [-0.2, -0.15) is 0 Å². The van der Waals surface area contributed by atoms with Gasteiger partial charge in [-0.05, 0) is 50.2 Å². The van der Waals surface area contributed by atoms with Crippen molar-refractivity contribution in [3.63, 3.8) is 0 Å². The quantitative estimate of drug-likeness (QED) is 0.653. The minimum atomic E-state index is -0.243. The number of aryl methyl sites for hydroxylation is 1. The molecule has 1 heterocycles. The Balaban J connectivity index is 1.61. The Bertz CT molecular complexity index is 932. The number of benzene rings is 2. The molecule has 0 unspecified atom stereocenters. The maximum Gasteiger partial charge on any atom is 0.255 e. The Morgan fingerprint density at radius 1 is 1.12 bits per heavy atom. The van der Waals surface area contributed by atoms with E-state index in [0.717, 1.165) is 10.7 Å². The Morgan fingerprint density at radius 2 is 1.88 bits per heavy atom. The van der Waals surface area contributed by atoms with Crippen molar-refractivity contribution in [1.82, 2.24) is 4.98 Å². The standard InChI is InChI=1S/C20H18N2O3S/c1-13(23)16-4-3-5-17(10-16)22-20(24)15-6-8-19(9-7-15)25-11-18-12-26-14(2)21-18/h3-10,12H,11H2,1-2H3,(H,22,24). The first kappa shape index (κ1) is 17.8. The van der Waals surface area contributed by atoms with Crippen molar-refractivity contribution in [2.45, 2.75) is 20.5 Å². The van der Waals surface area contributed by atoms with Crippen molar-refractivity contribution in [3.05, 3.63) is 75.7 Å². The maximum absolute atomic E-state index is 12.3. The van der Waals surface area contributed by atoms with Gasteiger partial charge in [0.05, 0.1) is 10.7 Å². The van der Waals surface area contributed by atoms with Crippen LogP contribution in [-0.4, -0.2) is 16.7 Å². The van der Waals surface area contributed by atoms with E-state index in [-0.39, 0.29) is 11.7 Å². The molecule has 6 heteroatoms. The molecular formula is C20H18N2O3S.